The molecule has 9 nitrogen and oxygen atoms in total. The van der Waals surface area contributed by atoms with Gasteiger partial charge in [-0.25, -0.2) is 18.4 Å². The van der Waals surface area contributed by atoms with Crippen molar-refractivity contribution in [3.05, 3.63) is 42.1 Å². The molecule has 0 bridgehead atoms. The molecule has 1 aliphatic heterocycles. The zero-order valence-electron chi connectivity index (χ0n) is 18.5. The number of nitrogens with zero attached hydrogens (tertiary/aromatic N) is 6. The van der Waals surface area contributed by atoms with Crippen LogP contribution in [0.2, 0.25) is 0 Å². The first kappa shape index (κ1) is 20.9. The first-order valence-electron chi connectivity index (χ1n) is 11.0. The fraction of sp³-hybridized carbons (Fsp3) is 0.455. The summed E-state index contributed by atoms with van der Waals surface area (Å²) in [6.07, 6.45) is 8.58. The standard InChI is InChI=1S/C22H27N7O2S/c1-4-18-22-26-25-14(2)28(22)19-13-23-20(24-21(19)29(18)17-10-5-6-11-17)15-8-7-9-16(12-15)27-32(3,30)31/h7-9,12-13,17-18,27H,4-6,10-11H2,1-3H3. The number of aromatic nitrogens is 5. The third kappa shape index (κ3) is 3.62. The summed E-state index contributed by atoms with van der Waals surface area (Å²) >= 11 is 0. The normalized spacial score (nSPS) is 18.5. The van der Waals surface area contributed by atoms with Gasteiger partial charge >= 0.3 is 0 Å². The Bertz CT molecular complexity index is 1270. The number of fused-ring (bicyclic) bond motifs is 3. The van der Waals surface area contributed by atoms with E-state index >= 15 is 0 Å². The first-order valence-corrected chi connectivity index (χ1v) is 12.9. The molecule has 3 aromatic rings. The van der Waals surface area contributed by atoms with Crippen LogP contribution in [-0.2, 0) is 10.0 Å². The lowest BCUT2D eigenvalue weighted by Crippen LogP contribution is -2.42. The van der Waals surface area contributed by atoms with Crippen LogP contribution in [0.5, 0.6) is 0 Å². The molecule has 3 heterocycles. The fourth-order valence-corrected chi connectivity index (χ4v) is 5.50. The number of nitrogens with one attached hydrogen (secondary N) is 1. The van der Waals surface area contributed by atoms with Gasteiger partial charge in [0.1, 0.15) is 11.5 Å². The van der Waals surface area contributed by atoms with E-state index < -0.39 is 10.0 Å². The van der Waals surface area contributed by atoms with Crippen LogP contribution in [-0.4, -0.2) is 45.4 Å². The van der Waals surface area contributed by atoms with Gasteiger partial charge in [-0.3, -0.25) is 9.29 Å². The Balaban J connectivity index is 1.64. The summed E-state index contributed by atoms with van der Waals surface area (Å²) in [5, 5.41) is 8.85. The lowest BCUT2D eigenvalue weighted by Gasteiger charge is -2.41. The molecule has 168 valence electrons. The number of hydrogen-bond donors (Lipinski definition) is 1. The minimum absolute atomic E-state index is 0.104. The highest BCUT2D eigenvalue weighted by Gasteiger charge is 2.39. The quantitative estimate of drug-likeness (QED) is 0.629. The maximum absolute atomic E-state index is 11.7. The highest BCUT2D eigenvalue weighted by Crippen LogP contribution is 2.43. The summed E-state index contributed by atoms with van der Waals surface area (Å²) in [7, 11) is -3.37. The van der Waals surface area contributed by atoms with Crippen LogP contribution in [0.1, 0.15) is 56.7 Å². The average molecular weight is 454 g/mol. The Morgan fingerprint density at radius 3 is 2.69 bits per heavy atom. The highest BCUT2D eigenvalue weighted by atomic mass is 32.2. The number of rotatable bonds is 5. The van der Waals surface area contributed by atoms with E-state index in [1.54, 1.807) is 18.2 Å². The average Bonchev–Trinajstić information content (AvgIpc) is 3.41. The Morgan fingerprint density at radius 2 is 1.97 bits per heavy atom. The third-order valence-electron chi connectivity index (χ3n) is 6.25. The van der Waals surface area contributed by atoms with Gasteiger partial charge in [0.05, 0.1) is 18.5 Å². The van der Waals surface area contributed by atoms with Crippen LogP contribution in [0, 0.1) is 6.92 Å². The van der Waals surface area contributed by atoms with E-state index in [1.165, 1.54) is 12.8 Å². The topological polar surface area (TPSA) is 106 Å². The van der Waals surface area contributed by atoms with Crippen molar-refractivity contribution >= 4 is 21.5 Å². The van der Waals surface area contributed by atoms with Crippen LogP contribution < -0.4 is 9.62 Å². The van der Waals surface area contributed by atoms with Crippen molar-refractivity contribution in [1.29, 1.82) is 0 Å². The van der Waals surface area contributed by atoms with E-state index in [0.717, 1.165) is 54.2 Å². The maximum atomic E-state index is 11.7. The lowest BCUT2D eigenvalue weighted by molar-refractivity contribution is 0.468. The molecule has 1 atom stereocenters. The Morgan fingerprint density at radius 1 is 1.19 bits per heavy atom. The third-order valence-corrected chi connectivity index (χ3v) is 6.85. The van der Waals surface area contributed by atoms with Crippen molar-refractivity contribution in [2.75, 3.05) is 15.9 Å². The molecule has 1 unspecified atom stereocenters. The molecule has 1 aromatic carbocycles. The Labute approximate surface area is 188 Å². The van der Waals surface area contributed by atoms with Crippen molar-refractivity contribution in [2.45, 2.75) is 58.0 Å². The van der Waals surface area contributed by atoms with Crippen LogP contribution in [0.25, 0.3) is 17.1 Å². The van der Waals surface area contributed by atoms with Crippen molar-refractivity contribution in [3.63, 3.8) is 0 Å². The van der Waals surface area contributed by atoms with Crippen molar-refractivity contribution in [1.82, 2.24) is 24.7 Å². The second-order valence-electron chi connectivity index (χ2n) is 8.57. The van der Waals surface area contributed by atoms with E-state index in [-0.39, 0.29) is 6.04 Å². The smallest absolute Gasteiger partial charge is 0.229 e. The number of anilines is 2. The summed E-state index contributed by atoms with van der Waals surface area (Å²) < 4.78 is 27.9. The lowest BCUT2D eigenvalue weighted by atomic mass is 10.0. The van der Waals surface area contributed by atoms with Gasteiger partial charge in [-0.05, 0) is 38.3 Å². The molecule has 1 fully saturated rings. The van der Waals surface area contributed by atoms with Crippen molar-refractivity contribution in [3.8, 4) is 17.1 Å². The van der Waals surface area contributed by atoms with E-state index in [2.05, 4.69) is 36.3 Å². The molecule has 1 N–H and O–H groups in total. The largest absolute Gasteiger partial charge is 0.342 e. The minimum Gasteiger partial charge on any atom is -0.342 e. The minimum atomic E-state index is -3.37. The summed E-state index contributed by atoms with van der Waals surface area (Å²) in [6.45, 7) is 4.13. The second-order valence-corrected chi connectivity index (χ2v) is 10.3. The second kappa shape index (κ2) is 7.84. The predicted molar refractivity (Wildman–Crippen MR) is 123 cm³/mol. The Kier molecular flexibility index (Phi) is 5.11. The molecular weight excluding hydrogens is 426 g/mol. The van der Waals surface area contributed by atoms with Gasteiger partial charge in [-0.2, -0.15) is 0 Å². The van der Waals surface area contributed by atoms with Crippen LogP contribution in [0.4, 0.5) is 11.5 Å². The monoisotopic (exact) mass is 453 g/mol. The molecule has 10 heteroatoms. The van der Waals surface area contributed by atoms with Crippen molar-refractivity contribution < 1.29 is 8.42 Å². The van der Waals surface area contributed by atoms with Crippen molar-refractivity contribution in [2.24, 2.45) is 0 Å². The molecule has 32 heavy (non-hydrogen) atoms. The summed E-state index contributed by atoms with van der Waals surface area (Å²) in [4.78, 5) is 12.1. The van der Waals surface area contributed by atoms with Gasteiger partial charge in [0.25, 0.3) is 0 Å². The number of sulfonamides is 1. The molecule has 1 aliphatic carbocycles. The van der Waals surface area contributed by atoms with Gasteiger partial charge in [-0.15, -0.1) is 10.2 Å². The molecule has 2 aliphatic rings. The molecular formula is C22H27N7O2S. The fourth-order valence-electron chi connectivity index (χ4n) is 4.94. The van der Waals surface area contributed by atoms with Gasteiger partial charge in [0.2, 0.25) is 10.0 Å². The van der Waals surface area contributed by atoms with Crippen LogP contribution in [0.3, 0.4) is 0 Å². The van der Waals surface area contributed by atoms with Gasteiger partial charge in [-0.1, -0.05) is 31.9 Å². The van der Waals surface area contributed by atoms with E-state index in [9.17, 15) is 8.42 Å². The molecule has 5 rings (SSSR count). The summed E-state index contributed by atoms with van der Waals surface area (Å²) in [5.41, 5.74) is 2.14. The van der Waals surface area contributed by atoms with E-state index in [0.29, 0.717) is 17.6 Å². The van der Waals surface area contributed by atoms with Crippen LogP contribution in [0.15, 0.2) is 30.5 Å². The summed E-state index contributed by atoms with van der Waals surface area (Å²) in [5.74, 6) is 3.22. The van der Waals surface area contributed by atoms with Crippen LogP contribution >= 0.6 is 0 Å². The molecule has 1 saturated carbocycles. The molecule has 0 spiro atoms. The van der Waals surface area contributed by atoms with Gasteiger partial charge in [0.15, 0.2) is 17.5 Å². The number of hydrogen-bond acceptors (Lipinski definition) is 7. The number of benzene rings is 1. The summed E-state index contributed by atoms with van der Waals surface area (Å²) in [6, 6.07) is 7.69. The predicted octanol–water partition coefficient (Wildman–Crippen LogP) is 3.62. The SMILES string of the molecule is CCC1c2nnc(C)n2-c2cnc(-c3cccc(NS(C)(=O)=O)c3)nc2N1C1CCCC1. The van der Waals surface area contributed by atoms with E-state index in [1.807, 2.05) is 19.2 Å². The first-order chi connectivity index (χ1) is 15.4. The van der Waals surface area contributed by atoms with Gasteiger partial charge < -0.3 is 4.90 Å². The molecule has 0 radical (unpaired) electrons. The van der Waals surface area contributed by atoms with Gasteiger partial charge in [0, 0.05) is 17.3 Å². The molecule has 0 saturated heterocycles. The zero-order valence-corrected chi connectivity index (χ0v) is 19.3. The Hall–Kier alpha value is -3.01. The maximum Gasteiger partial charge on any atom is 0.229 e. The highest BCUT2D eigenvalue weighted by molar-refractivity contribution is 7.92. The molecule has 2 aromatic heterocycles. The van der Waals surface area contributed by atoms with E-state index in [4.69, 9.17) is 4.98 Å². The molecule has 0 amide bonds. The number of aryl methyl sites for hydroxylation is 1. The zero-order chi connectivity index (χ0) is 22.5.